The summed E-state index contributed by atoms with van der Waals surface area (Å²) in [7, 11) is 0. The lowest BCUT2D eigenvalue weighted by atomic mass is 10.0. The Kier molecular flexibility index (Phi) is 4.97. The van der Waals surface area contributed by atoms with E-state index in [1.54, 1.807) is 6.92 Å². The molecule has 6 nitrogen and oxygen atoms in total. The van der Waals surface area contributed by atoms with Gasteiger partial charge in [-0.1, -0.05) is 18.5 Å². The molecule has 0 saturated carbocycles. The maximum atomic E-state index is 12.8. The number of hydrogen-bond donors (Lipinski definition) is 0. The number of esters is 1. The van der Waals surface area contributed by atoms with Crippen LogP contribution in [0.1, 0.15) is 38.5 Å². The summed E-state index contributed by atoms with van der Waals surface area (Å²) in [6, 6.07) is 2.70. The molecular formula is C14H16FN3O3. The molecule has 2 aromatic heterocycles. The molecule has 0 fully saturated rings. The number of rotatable bonds is 6. The third kappa shape index (κ3) is 3.62. The summed E-state index contributed by atoms with van der Waals surface area (Å²) in [5, 5.41) is 3.78. The first-order valence-corrected chi connectivity index (χ1v) is 6.77. The zero-order valence-electron chi connectivity index (χ0n) is 11.9. The van der Waals surface area contributed by atoms with Crippen LogP contribution < -0.4 is 0 Å². The van der Waals surface area contributed by atoms with Crippen molar-refractivity contribution in [1.82, 2.24) is 15.1 Å². The van der Waals surface area contributed by atoms with Crippen LogP contribution in [0.25, 0.3) is 11.5 Å². The van der Waals surface area contributed by atoms with Crippen molar-refractivity contribution in [2.75, 3.05) is 6.61 Å². The fraction of sp³-hybridized carbons (Fsp3) is 0.429. The van der Waals surface area contributed by atoms with E-state index in [1.807, 2.05) is 6.92 Å². The SMILES string of the molecule is CCCC(C(=O)OCC)c1nc(-c2ccc(F)cn2)no1. The van der Waals surface area contributed by atoms with Crippen molar-refractivity contribution in [3.63, 3.8) is 0 Å². The number of halogens is 1. The van der Waals surface area contributed by atoms with Crippen LogP contribution in [0.3, 0.4) is 0 Å². The second-order valence-corrected chi connectivity index (χ2v) is 4.41. The molecule has 112 valence electrons. The van der Waals surface area contributed by atoms with E-state index < -0.39 is 11.7 Å². The fourth-order valence-corrected chi connectivity index (χ4v) is 1.86. The van der Waals surface area contributed by atoms with Gasteiger partial charge in [0.2, 0.25) is 11.7 Å². The van der Waals surface area contributed by atoms with Crippen molar-refractivity contribution in [1.29, 1.82) is 0 Å². The monoisotopic (exact) mass is 293 g/mol. The molecule has 21 heavy (non-hydrogen) atoms. The molecule has 1 unspecified atom stereocenters. The number of carbonyl (C=O) groups excluding carboxylic acids is 1. The molecule has 0 aliphatic carbocycles. The average Bonchev–Trinajstić information content (AvgIpc) is 2.95. The van der Waals surface area contributed by atoms with Crippen molar-refractivity contribution >= 4 is 5.97 Å². The van der Waals surface area contributed by atoms with E-state index in [9.17, 15) is 9.18 Å². The number of nitrogens with zero attached hydrogens (tertiary/aromatic N) is 3. The minimum atomic E-state index is -0.586. The van der Waals surface area contributed by atoms with Crippen molar-refractivity contribution in [3.05, 3.63) is 30.0 Å². The summed E-state index contributed by atoms with van der Waals surface area (Å²) >= 11 is 0. The maximum absolute atomic E-state index is 12.8. The molecule has 7 heteroatoms. The van der Waals surface area contributed by atoms with Gasteiger partial charge in [0, 0.05) is 0 Å². The Morgan fingerprint density at radius 1 is 1.43 bits per heavy atom. The first-order valence-electron chi connectivity index (χ1n) is 6.77. The predicted molar refractivity (Wildman–Crippen MR) is 71.8 cm³/mol. The summed E-state index contributed by atoms with van der Waals surface area (Å²) in [5.74, 6) is -1.01. The van der Waals surface area contributed by atoms with Crippen molar-refractivity contribution in [2.24, 2.45) is 0 Å². The number of carbonyl (C=O) groups is 1. The molecule has 2 heterocycles. The minimum absolute atomic E-state index is 0.191. The molecule has 0 radical (unpaired) electrons. The molecule has 0 saturated heterocycles. The van der Waals surface area contributed by atoms with Crippen molar-refractivity contribution in [3.8, 4) is 11.5 Å². The van der Waals surface area contributed by atoms with Crippen molar-refractivity contribution in [2.45, 2.75) is 32.6 Å². The lowest BCUT2D eigenvalue weighted by molar-refractivity contribution is -0.145. The van der Waals surface area contributed by atoms with Gasteiger partial charge >= 0.3 is 5.97 Å². The van der Waals surface area contributed by atoms with E-state index in [4.69, 9.17) is 9.26 Å². The number of pyridine rings is 1. The van der Waals surface area contributed by atoms with Crippen LogP contribution in [0, 0.1) is 5.82 Å². The summed E-state index contributed by atoms with van der Waals surface area (Å²) < 4.78 is 23.0. The van der Waals surface area contributed by atoms with Crippen LogP contribution in [0.4, 0.5) is 4.39 Å². The second kappa shape index (κ2) is 6.92. The van der Waals surface area contributed by atoms with Gasteiger partial charge in [-0.2, -0.15) is 4.98 Å². The van der Waals surface area contributed by atoms with E-state index in [1.165, 1.54) is 12.1 Å². The molecule has 0 amide bonds. The van der Waals surface area contributed by atoms with E-state index in [2.05, 4.69) is 15.1 Å². The first kappa shape index (κ1) is 15.1. The van der Waals surface area contributed by atoms with Crippen LogP contribution >= 0.6 is 0 Å². The van der Waals surface area contributed by atoms with Crippen LogP contribution in [0.15, 0.2) is 22.9 Å². The average molecular weight is 293 g/mol. The summed E-state index contributed by atoms with van der Waals surface area (Å²) in [5.41, 5.74) is 0.380. The molecule has 2 rings (SSSR count). The van der Waals surface area contributed by atoms with E-state index in [-0.39, 0.29) is 17.7 Å². The highest BCUT2D eigenvalue weighted by Crippen LogP contribution is 2.23. The third-order valence-electron chi connectivity index (χ3n) is 2.84. The molecule has 0 aliphatic heterocycles. The molecular weight excluding hydrogens is 277 g/mol. The highest BCUT2D eigenvalue weighted by molar-refractivity contribution is 5.76. The van der Waals surface area contributed by atoms with Gasteiger partial charge in [0.15, 0.2) is 0 Å². The van der Waals surface area contributed by atoms with Gasteiger partial charge in [-0.05, 0) is 25.5 Å². The zero-order valence-corrected chi connectivity index (χ0v) is 11.9. The van der Waals surface area contributed by atoms with Gasteiger partial charge in [-0.3, -0.25) is 4.79 Å². The van der Waals surface area contributed by atoms with Crippen LogP contribution in [-0.2, 0) is 9.53 Å². The Hall–Kier alpha value is -2.31. The quantitative estimate of drug-likeness (QED) is 0.762. The summed E-state index contributed by atoms with van der Waals surface area (Å²) in [4.78, 5) is 19.9. The predicted octanol–water partition coefficient (Wildman–Crippen LogP) is 2.72. The number of aromatic nitrogens is 3. The molecule has 0 bridgehead atoms. The summed E-state index contributed by atoms with van der Waals surface area (Å²) in [6.07, 6.45) is 2.40. The van der Waals surface area contributed by atoms with Gasteiger partial charge in [-0.25, -0.2) is 9.37 Å². The molecule has 0 aromatic carbocycles. The molecule has 2 aromatic rings. The van der Waals surface area contributed by atoms with Gasteiger partial charge in [0.1, 0.15) is 17.4 Å². The third-order valence-corrected chi connectivity index (χ3v) is 2.84. The normalized spacial score (nSPS) is 12.1. The van der Waals surface area contributed by atoms with Gasteiger partial charge in [-0.15, -0.1) is 0 Å². The van der Waals surface area contributed by atoms with Gasteiger partial charge in [0.25, 0.3) is 0 Å². The van der Waals surface area contributed by atoms with Crippen LogP contribution in [0.2, 0.25) is 0 Å². The second-order valence-electron chi connectivity index (χ2n) is 4.41. The Morgan fingerprint density at radius 3 is 2.86 bits per heavy atom. The van der Waals surface area contributed by atoms with Gasteiger partial charge < -0.3 is 9.26 Å². The molecule has 0 aliphatic rings. The fourth-order valence-electron chi connectivity index (χ4n) is 1.86. The standard InChI is InChI=1S/C14H16FN3O3/c1-3-5-10(14(19)20-4-2)13-17-12(18-21-13)11-7-6-9(15)8-16-11/h6-8,10H,3-5H2,1-2H3. The minimum Gasteiger partial charge on any atom is -0.465 e. The molecule has 0 N–H and O–H groups in total. The largest absolute Gasteiger partial charge is 0.465 e. The highest BCUT2D eigenvalue weighted by atomic mass is 19.1. The Balaban J connectivity index is 2.23. The van der Waals surface area contributed by atoms with Gasteiger partial charge in [0.05, 0.1) is 12.8 Å². The van der Waals surface area contributed by atoms with Crippen LogP contribution in [0.5, 0.6) is 0 Å². The lowest BCUT2D eigenvalue weighted by Crippen LogP contribution is -2.16. The first-order chi connectivity index (χ1) is 10.2. The zero-order chi connectivity index (χ0) is 15.2. The topological polar surface area (TPSA) is 78.1 Å². The smallest absolute Gasteiger partial charge is 0.318 e. The van der Waals surface area contributed by atoms with E-state index in [0.717, 1.165) is 12.6 Å². The molecule has 1 atom stereocenters. The number of hydrogen-bond acceptors (Lipinski definition) is 6. The van der Waals surface area contributed by atoms with Crippen molar-refractivity contribution < 1.29 is 18.4 Å². The van der Waals surface area contributed by atoms with E-state index >= 15 is 0 Å². The Labute approximate surface area is 121 Å². The highest BCUT2D eigenvalue weighted by Gasteiger charge is 2.27. The Bertz CT molecular complexity index is 598. The summed E-state index contributed by atoms with van der Waals surface area (Å²) in [6.45, 7) is 3.98. The van der Waals surface area contributed by atoms with Crippen LogP contribution in [-0.4, -0.2) is 27.7 Å². The van der Waals surface area contributed by atoms with E-state index in [0.29, 0.717) is 18.7 Å². The number of ether oxygens (including phenoxy) is 1. The lowest BCUT2D eigenvalue weighted by Gasteiger charge is -2.09. The molecule has 0 spiro atoms. The Morgan fingerprint density at radius 2 is 2.24 bits per heavy atom. The maximum Gasteiger partial charge on any atom is 0.318 e.